The SMILES string of the molecule is Clc1ccc(-c2[nH]c(Cc3cccs3)nc2-c2ccccc2)cc1. The van der Waals surface area contributed by atoms with Gasteiger partial charge in [-0.3, -0.25) is 0 Å². The molecule has 4 aromatic rings. The summed E-state index contributed by atoms with van der Waals surface area (Å²) in [5, 5.41) is 2.83. The standard InChI is InChI=1S/C20H15ClN2S/c21-16-10-8-15(9-11-16)20-19(14-5-2-1-3-6-14)22-18(23-20)13-17-7-4-12-24-17/h1-12H,13H2,(H,22,23). The number of rotatable bonds is 4. The van der Waals surface area contributed by atoms with Gasteiger partial charge in [-0.1, -0.05) is 60.1 Å². The second-order valence-electron chi connectivity index (χ2n) is 5.54. The Bertz CT molecular complexity index is 926. The molecule has 0 saturated carbocycles. The van der Waals surface area contributed by atoms with E-state index in [9.17, 15) is 0 Å². The zero-order chi connectivity index (χ0) is 16.4. The summed E-state index contributed by atoms with van der Waals surface area (Å²) in [6.45, 7) is 0. The number of benzene rings is 2. The summed E-state index contributed by atoms with van der Waals surface area (Å²) >= 11 is 7.78. The summed E-state index contributed by atoms with van der Waals surface area (Å²) in [6, 6.07) is 22.3. The van der Waals surface area contributed by atoms with Crippen LogP contribution in [-0.2, 0) is 6.42 Å². The Morgan fingerprint density at radius 1 is 0.875 bits per heavy atom. The van der Waals surface area contributed by atoms with E-state index < -0.39 is 0 Å². The molecular weight excluding hydrogens is 336 g/mol. The molecule has 0 aliphatic heterocycles. The second kappa shape index (κ2) is 6.63. The average Bonchev–Trinajstić information content (AvgIpc) is 3.27. The smallest absolute Gasteiger partial charge is 0.112 e. The minimum Gasteiger partial charge on any atom is -0.341 e. The van der Waals surface area contributed by atoms with Gasteiger partial charge in [0.1, 0.15) is 5.82 Å². The minimum atomic E-state index is 0.735. The molecule has 24 heavy (non-hydrogen) atoms. The van der Waals surface area contributed by atoms with E-state index in [2.05, 4.69) is 34.6 Å². The van der Waals surface area contributed by atoms with Gasteiger partial charge in [-0.25, -0.2) is 4.98 Å². The van der Waals surface area contributed by atoms with E-state index in [1.807, 2.05) is 42.5 Å². The zero-order valence-corrected chi connectivity index (χ0v) is 14.4. The minimum absolute atomic E-state index is 0.735. The lowest BCUT2D eigenvalue weighted by molar-refractivity contribution is 1.05. The number of nitrogens with zero attached hydrogens (tertiary/aromatic N) is 1. The molecule has 118 valence electrons. The first-order valence-electron chi connectivity index (χ1n) is 7.72. The molecule has 0 spiro atoms. The number of halogens is 1. The van der Waals surface area contributed by atoms with Crippen LogP contribution >= 0.6 is 22.9 Å². The highest BCUT2D eigenvalue weighted by Gasteiger charge is 2.14. The van der Waals surface area contributed by atoms with Crippen LogP contribution in [0, 0.1) is 0 Å². The Morgan fingerprint density at radius 3 is 2.38 bits per heavy atom. The zero-order valence-electron chi connectivity index (χ0n) is 12.9. The fourth-order valence-corrected chi connectivity index (χ4v) is 3.55. The monoisotopic (exact) mass is 350 g/mol. The highest BCUT2D eigenvalue weighted by Crippen LogP contribution is 2.31. The van der Waals surface area contributed by atoms with E-state index >= 15 is 0 Å². The van der Waals surface area contributed by atoms with Gasteiger partial charge in [-0.2, -0.15) is 0 Å². The lowest BCUT2D eigenvalue weighted by Gasteiger charge is -2.03. The van der Waals surface area contributed by atoms with Gasteiger partial charge in [-0.15, -0.1) is 11.3 Å². The van der Waals surface area contributed by atoms with Crippen LogP contribution < -0.4 is 0 Å². The Balaban J connectivity index is 1.80. The van der Waals surface area contributed by atoms with Crippen molar-refractivity contribution in [2.45, 2.75) is 6.42 Å². The van der Waals surface area contributed by atoms with Crippen molar-refractivity contribution < 1.29 is 0 Å². The van der Waals surface area contributed by atoms with E-state index in [4.69, 9.17) is 16.6 Å². The molecule has 0 aliphatic rings. The van der Waals surface area contributed by atoms with Crippen molar-refractivity contribution in [2.24, 2.45) is 0 Å². The number of hydrogen-bond donors (Lipinski definition) is 1. The highest BCUT2D eigenvalue weighted by atomic mass is 35.5. The molecule has 4 heteroatoms. The lowest BCUT2D eigenvalue weighted by Crippen LogP contribution is -1.87. The summed E-state index contributed by atoms with van der Waals surface area (Å²) in [5.41, 5.74) is 4.20. The summed E-state index contributed by atoms with van der Waals surface area (Å²) in [6.07, 6.45) is 0.811. The van der Waals surface area contributed by atoms with E-state index in [-0.39, 0.29) is 0 Å². The number of aromatic amines is 1. The number of aromatic nitrogens is 2. The van der Waals surface area contributed by atoms with Gasteiger partial charge in [0.25, 0.3) is 0 Å². The fraction of sp³-hybridized carbons (Fsp3) is 0.0500. The van der Waals surface area contributed by atoms with Gasteiger partial charge in [0.15, 0.2) is 0 Å². The van der Waals surface area contributed by atoms with Crippen molar-refractivity contribution in [3.8, 4) is 22.5 Å². The molecule has 2 heterocycles. The molecule has 0 atom stereocenters. The van der Waals surface area contributed by atoms with Gasteiger partial charge in [0.2, 0.25) is 0 Å². The highest BCUT2D eigenvalue weighted by molar-refractivity contribution is 7.09. The summed E-state index contributed by atoms with van der Waals surface area (Å²) in [5.74, 6) is 0.973. The van der Waals surface area contributed by atoms with Crippen LogP contribution in [0.3, 0.4) is 0 Å². The maximum Gasteiger partial charge on any atom is 0.112 e. The second-order valence-corrected chi connectivity index (χ2v) is 7.00. The van der Waals surface area contributed by atoms with Crippen LogP contribution in [0.1, 0.15) is 10.7 Å². The predicted molar refractivity (Wildman–Crippen MR) is 102 cm³/mol. The third-order valence-electron chi connectivity index (χ3n) is 3.85. The van der Waals surface area contributed by atoms with Crippen molar-refractivity contribution >= 4 is 22.9 Å². The van der Waals surface area contributed by atoms with E-state index in [0.29, 0.717) is 0 Å². The number of nitrogens with one attached hydrogen (secondary N) is 1. The maximum atomic E-state index is 6.03. The molecule has 0 radical (unpaired) electrons. The van der Waals surface area contributed by atoms with Crippen LogP contribution in [0.2, 0.25) is 5.02 Å². The van der Waals surface area contributed by atoms with Gasteiger partial charge in [-0.05, 0) is 23.6 Å². The molecule has 2 aromatic carbocycles. The molecule has 0 bridgehead atoms. The quantitative estimate of drug-likeness (QED) is 0.477. The molecule has 0 unspecified atom stereocenters. The first-order valence-corrected chi connectivity index (χ1v) is 8.98. The first-order chi connectivity index (χ1) is 11.8. The topological polar surface area (TPSA) is 28.7 Å². The van der Waals surface area contributed by atoms with Gasteiger partial charge < -0.3 is 4.98 Å². The van der Waals surface area contributed by atoms with Gasteiger partial charge >= 0.3 is 0 Å². The third-order valence-corrected chi connectivity index (χ3v) is 4.98. The molecule has 0 amide bonds. The molecule has 4 rings (SSSR count). The molecule has 0 aliphatic carbocycles. The fourth-order valence-electron chi connectivity index (χ4n) is 2.71. The Hall–Kier alpha value is -2.36. The van der Waals surface area contributed by atoms with Crippen molar-refractivity contribution in [1.82, 2.24) is 9.97 Å². The van der Waals surface area contributed by atoms with E-state index in [1.165, 1.54) is 4.88 Å². The molecule has 0 saturated heterocycles. The molecular formula is C20H15ClN2S. The predicted octanol–water partition coefficient (Wildman–Crippen LogP) is 6.05. The number of hydrogen-bond acceptors (Lipinski definition) is 2. The largest absolute Gasteiger partial charge is 0.341 e. The molecule has 1 N–H and O–H groups in total. The van der Waals surface area contributed by atoms with Gasteiger partial charge in [0, 0.05) is 27.4 Å². The van der Waals surface area contributed by atoms with Crippen molar-refractivity contribution in [3.05, 3.63) is 87.8 Å². The molecule has 0 fully saturated rings. The van der Waals surface area contributed by atoms with Crippen molar-refractivity contribution in [2.75, 3.05) is 0 Å². The summed E-state index contributed by atoms with van der Waals surface area (Å²) < 4.78 is 0. The Kier molecular flexibility index (Phi) is 4.20. The van der Waals surface area contributed by atoms with Crippen LogP contribution in [0.4, 0.5) is 0 Å². The normalized spacial score (nSPS) is 10.9. The van der Waals surface area contributed by atoms with Crippen molar-refractivity contribution in [1.29, 1.82) is 0 Å². The summed E-state index contributed by atoms with van der Waals surface area (Å²) in [7, 11) is 0. The van der Waals surface area contributed by atoms with Crippen molar-refractivity contribution in [3.63, 3.8) is 0 Å². The van der Waals surface area contributed by atoms with E-state index in [0.717, 1.165) is 39.8 Å². The van der Waals surface area contributed by atoms with Crippen LogP contribution in [-0.4, -0.2) is 9.97 Å². The first kappa shape index (κ1) is 15.2. The Labute approximate surface area is 149 Å². The van der Waals surface area contributed by atoms with Crippen LogP contribution in [0.5, 0.6) is 0 Å². The number of thiophene rings is 1. The third kappa shape index (κ3) is 3.14. The van der Waals surface area contributed by atoms with Crippen LogP contribution in [0.25, 0.3) is 22.5 Å². The summed E-state index contributed by atoms with van der Waals surface area (Å²) in [4.78, 5) is 9.68. The molecule has 2 aromatic heterocycles. The molecule has 2 nitrogen and oxygen atoms in total. The lowest BCUT2D eigenvalue weighted by atomic mass is 10.1. The maximum absolute atomic E-state index is 6.03. The average molecular weight is 351 g/mol. The van der Waals surface area contributed by atoms with Crippen LogP contribution in [0.15, 0.2) is 72.1 Å². The van der Waals surface area contributed by atoms with E-state index in [1.54, 1.807) is 11.3 Å². The Morgan fingerprint density at radius 2 is 1.67 bits per heavy atom. The number of imidazole rings is 1. The number of H-pyrrole nitrogens is 1. The van der Waals surface area contributed by atoms with Gasteiger partial charge in [0.05, 0.1) is 11.4 Å².